The van der Waals surface area contributed by atoms with Gasteiger partial charge in [-0.2, -0.15) is 0 Å². The zero-order valence-electron chi connectivity index (χ0n) is 8.88. The molecular weight excluding hydrogens is 176 g/mol. The molecule has 0 spiro atoms. The number of phenolic OH excluding ortho intramolecular Hbond substituents is 2. The van der Waals surface area contributed by atoms with Crippen molar-refractivity contribution in [3.63, 3.8) is 0 Å². The first-order valence-electron chi connectivity index (χ1n) is 5.17. The second-order valence-corrected chi connectivity index (χ2v) is 3.69. The Morgan fingerprint density at radius 1 is 1.14 bits per heavy atom. The maximum atomic E-state index is 9.63. The molecule has 0 saturated carbocycles. The van der Waals surface area contributed by atoms with Crippen molar-refractivity contribution in [2.24, 2.45) is 0 Å². The summed E-state index contributed by atoms with van der Waals surface area (Å²) in [6.07, 6.45) is 4.24. The number of benzene rings is 1. The highest BCUT2D eigenvalue weighted by atomic mass is 16.3. The van der Waals surface area contributed by atoms with Gasteiger partial charge >= 0.3 is 0 Å². The van der Waals surface area contributed by atoms with Crippen molar-refractivity contribution in [1.82, 2.24) is 0 Å². The van der Waals surface area contributed by atoms with Crippen molar-refractivity contribution in [3.8, 4) is 11.5 Å². The Labute approximate surface area is 85.2 Å². The van der Waals surface area contributed by atoms with Crippen LogP contribution in [0.4, 0.5) is 0 Å². The van der Waals surface area contributed by atoms with Crippen molar-refractivity contribution in [3.05, 3.63) is 23.3 Å². The predicted molar refractivity (Wildman–Crippen MR) is 57.7 cm³/mol. The van der Waals surface area contributed by atoms with Gasteiger partial charge < -0.3 is 10.2 Å². The Kier molecular flexibility index (Phi) is 3.81. The van der Waals surface area contributed by atoms with E-state index >= 15 is 0 Å². The second kappa shape index (κ2) is 4.89. The van der Waals surface area contributed by atoms with E-state index in [0.29, 0.717) is 0 Å². The van der Waals surface area contributed by atoms with Crippen LogP contribution in [-0.4, -0.2) is 10.2 Å². The first-order valence-corrected chi connectivity index (χ1v) is 5.17. The van der Waals surface area contributed by atoms with Gasteiger partial charge in [0, 0.05) is 5.56 Å². The zero-order chi connectivity index (χ0) is 10.6. The highest BCUT2D eigenvalue weighted by molar-refractivity contribution is 5.48. The number of hydrogen-bond donors (Lipinski definition) is 2. The van der Waals surface area contributed by atoms with Crippen LogP contribution >= 0.6 is 0 Å². The first kappa shape index (κ1) is 10.9. The first-order chi connectivity index (χ1) is 6.66. The highest BCUT2D eigenvalue weighted by Crippen LogP contribution is 2.32. The van der Waals surface area contributed by atoms with Crippen molar-refractivity contribution in [2.45, 2.75) is 39.5 Å². The summed E-state index contributed by atoms with van der Waals surface area (Å²) in [6, 6.07) is 3.38. The van der Waals surface area contributed by atoms with Crippen LogP contribution in [0.1, 0.15) is 37.3 Å². The standard InChI is InChI=1S/C12H18O2/c1-3-4-5-6-10-9(2)7-8-11(13)12(10)14/h7-8,13-14H,3-6H2,1-2H3. The van der Waals surface area contributed by atoms with E-state index in [1.165, 1.54) is 12.5 Å². The fraction of sp³-hybridized carbons (Fsp3) is 0.500. The molecule has 0 atom stereocenters. The average Bonchev–Trinajstić information content (AvgIpc) is 2.18. The topological polar surface area (TPSA) is 40.5 Å². The van der Waals surface area contributed by atoms with E-state index in [0.717, 1.165) is 30.4 Å². The molecule has 1 aromatic rings. The van der Waals surface area contributed by atoms with Gasteiger partial charge in [0.2, 0.25) is 0 Å². The van der Waals surface area contributed by atoms with Crippen molar-refractivity contribution in [2.75, 3.05) is 0 Å². The van der Waals surface area contributed by atoms with Crippen LogP contribution in [0.2, 0.25) is 0 Å². The fourth-order valence-corrected chi connectivity index (χ4v) is 1.59. The third-order valence-electron chi connectivity index (χ3n) is 2.53. The molecule has 0 fully saturated rings. The third-order valence-corrected chi connectivity index (χ3v) is 2.53. The maximum Gasteiger partial charge on any atom is 0.160 e. The minimum absolute atomic E-state index is 0.0119. The van der Waals surface area contributed by atoms with E-state index in [1.807, 2.05) is 13.0 Å². The van der Waals surface area contributed by atoms with E-state index in [2.05, 4.69) is 6.92 Å². The van der Waals surface area contributed by atoms with Gasteiger partial charge in [-0.05, 0) is 31.4 Å². The van der Waals surface area contributed by atoms with E-state index in [1.54, 1.807) is 0 Å². The molecule has 1 aromatic carbocycles. The van der Waals surface area contributed by atoms with Gasteiger partial charge in [0.05, 0.1) is 0 Å². The predicted octanol–water partition coefficient (Wildman–Crippen LogP) is 3.14. The van der Waals surface area contributed by atoms with Crippen LogP contribution in [0.25, 0.3) is 0 Å². The number of unbranched alkanes of at least 4 members (excludes halogenated alkanes) is 2. The summed E-state index contributed by atoms with van der Waals surface area (Å²) in [5.74, 6) is 0.0446. The molecule has 0 heterocycles. The molecule has 0 aliphatic heterocycles. The molecular formula is C12H18O2. The summed E-state index contributed by atoms with van der Waals surface area (Å²) in [6.45, 7) is 4.11. The van der Waals surface area contributed by atoms with Crippen LogP contribution in [0.5, 0.6) is 11.5 Å². The van der Waals surface area contributed by atoms with Crippen LogP contribution in [0.3, 0.4) is 0 Å². The quantitative estimate of drug-likeness (QED) is 0.571. The highest BCUT2D eigenvalue weighted by Gasteiger charge is 2.08. The Bertz CT molecular complexity index is 305. The zero-order valence-corrected chi connectivity index (χ0v) is 8.88. The molecule has 0 aromatic heterocycles. The van der Waals surface area contributed by atoms with Crippen LogP contribution in [0.15, 0.2) is 12.1 Å². The summed E-state index contributed by atoms with van der Waals surface area (Å²) in [5.41, 5.74) is 1.94. The summed E-state index contributed by atoms with van der Waals surface area (Å²) < 4.78 is 0. The van der Waals surface area contributed by atoms with Crippen LogP contribution in [-0.2, 0) is 6.42 Å². The smallest absolute Gasteiger partial charge is 0.160 e. The molecule has 2 nitrogen and oxygen atoms in total. The van der Waals surface area contributed by atoms with Gasteiger partial charge in [0.15, 0.2) is 11.5 Å². The molecule has 2 N–H and O–H groups in total. The Morgan fingerprint density at radius 2 is 1.86 bits per heavy atom. The average molecular weight is 194 g/mol. The van der Waals surface area contributed by atoms with E-state index in [9.17, 15) is 10.2 Å². The lowest BCUT2D eigenvalue weighted by atomic mass is 10.0. The van der Waals surface area contributed by atoms with Gasteiger partial charge in [-0.25, -0.2) is 0 Å². The third kappa shape index (κ3) is 2.41. The summed E-state index contributed by atoms with van der Waals surface area (Å²) in [4.78, 5) is 0. The minimum Gasteiger partial charge on any atom is -0.504 e. The molecule has 0 saturated heterocycles. The molecule has 0 amide bonds. The molecule has 0 radical (unpaired) electrons. The van der Waals surface area contributed by atoms with Crippen molar-refractivity contribution >= 4 is 0 Å². The van der Waals surface area contributed by atoms with Crippen LogP contribution in [0, 0.1) is 6.92 Å². The number of phenols is 2. The summed E-state index contributed by atoms with van der Waals surface area (Å²) in [5, 5.41) is 19.0. The SMILES string of the molecule is CCCCCc1c(C)ccc(O)c1O. The van der Waals surface area contributed by atoms with E-state index < -0.39 is 0 Å². The van der Waals surface area contributed by atoms with Crippen LogP contribution < -0.4 is 0 Å². The largest absolute Gasteiger partial charge is 0.504 e. The van der Waals surface area contributed by atoms with Gasteiger partial charge in [0.25, 0.3) is 0 Å². The number of aromatic hydroxyl groups is 2. The van der Waals surface area contributed by atoms with E-state index in [4.69, 9.17) is 0 Å². The molecule has 78 valence electrons. The Hall–Kier alpha value is -1.18. The molecule has 0 aliphatic rings. The normalized spacial score (nSPS) is 10.4. The van der Waals surface area contributed by atoms with Crippen molar-refractivity contribution in [1.29, 1.82) is 0 Å². The van der Waals surface area contributed by atoms with Gasteiger partial charge in [-0.3, -0.25) is 0 Å². The number of hydrogen-bond acceptors (Lipinski definition) is 2. The fourth-order valence-electron chi connectivity index (χ4n) is 1.59. The lowest BCUT2D eigenvalue weighted by Gasteiger charge is -2.09. The Balaban J connectivity index is 2.79. The number of aryl methyl sites for hydroxylation is 1. The maximum absolute atomic E-state index is 9.63. The van der Waals surface area contributed by atoms with Gasteiger partial charge in [-0.15, -0.1) is 0 Å². The monoisotopic (exact) mass is 194 g/mol. The lowest BCUT2D eigenvalue weighted by molar-refractivity contribution is 0.398. The molecule has 0 unspecified atom stereocenters. The number of rotatable bonds is 4. The van der Waals surface area contributed by atoms with Crippen molar-refractivity contribution < 1.29 is 10.2 Å². The van der Waals surface area contributed by atoms with Gasteiger partial charge in [-0.1, -0.05) is 25.8 Å². The molecule has 14 heavy (non-hydrogen) atoms. The molecule has 2 heteroatoms. The molecule has 1 rings (SSSR count). The molecule has 0 aliphatic carbocycles. The summed E-state index contributed by atoms with van der Waals surface area (Å²) in [7, 11) is 0. The van der Waals surface area contributed by atoms with E-state index in [-0.39, 0.29) is 11.5 Å². The van der Waals surface area contributed by atoms with Gasteiger partial charge in [0.1, 0.15) is 0 Å². The molecule has 0 bridgehead atoms. The Morgan fingerprint density at radius 3 is 2.50 bits per heavy atom. The lowest BCUT2D eigenvalue weighted by Crippen LogP contribution is -1.91. The second-order valence-electron chi connectivity index (χ2n) is 3.69. The summed E-state index contributed by atoms with van der Waals surface area (Å²) >= 11 is 0. The minimum atomic E-state index is -0.0119.